The molecule has 1 saturated carbocycles. The molecule has 2 atom stereocenters. The molecule has 2 unspecified atom stereocenters. The van der Waals surface area contributed by atoms with Crippen molar-refractivity contribution in [3.05, 3.63) is 107 Å². The third-order valence-electron chi connectivity index (χ3n) is 7.47. The van der Waals surface area contributed by atoms with E-state index in [4.69, 9.17) is 4.74 Å². The molecule has 1 aliphatic carbocycles. The summed E-state index contributed by atoms with van der Waals surface area (Å²) in [5, 5.41) is 3.16. The van der Waals surface area contributed by atoms with Gasteiger partial charge >= 0.3 is 0 Å². The van der Waals surface area contributed by atoms with Crippen LogP contribution in [0.4, 0.5) is 13.2 Å². The molecule has 7 heteroatoms. The van der Waals surface area contributed by atoms with Crippen molar-refractivity contribution in [2.24, 2.45) is 5.92 Å². The average Bonchev–Trinajstić information content (AvgIpc) is 2.93. The van der Waals surface area contributed by atoms with E-state index < -0.39 is 6.04 Å². The molecule has 1 saturated heterocycles. The molecule has 3 aromatic carbocycles. The van der Waals surface area contributed by atoms with Crippen molar-refractivity contribution in [2.75, 3.05) is 26.3 Å². The van der Waals surface area contributed by atoms with Crippen LogP contribution < -0.4 is 5.32 Å². The fourth-order valence-corrected chi connectivity index (χ4v) is 5.48. The Morgan fingerprint density at radius 1 is 0.811 bits per heavy atom. The Bertz CT molecular complexity index is 1200. The number of benzene rings is 3. The summed E-state index contributed by atoms with van der Waals surface area (Å²) in [5.74, 6) is -1.64. The van der Waals surface area contributed by atoms with Crippen LogP contribution in [-0.2, 0) is 9.53 Å². The lowest BCUT2D eigenvalue weighted by molar-refractivity contribution is -0.551. The zero-order valence-electron chi connectivity index (χ0n) is 20.5. The van der Waals surface area contributed by atoms with Gasteiger partial charge in [-0.25, -0.2) is 17.7 Å². The number of morpholine rings is 1. The quantitative estimate of drug-likeness (QED) is 0.472. The van der Waals surface area contributed by atoms with Crippen molar-refractivity contribution >= 4 is 11.6 Å². The van der Waals surface area contributed by atoms with E-state index in [0.717, 1.165) is 25.1 Å². The summed E-state index contributed by atoms with van der Waals surface area (Å²) in [6.45, 7) is 3.04. The monoisotopic (exact) mass is 507 g/mol. The molecule has 1 N–H and O–H groups in total. The van der Waals surface area contributed by atoms with E-state index >= 15 is 0 Å². The van der Waals surface area contributed by atoms with Crippen LogP contribution in [0.5, 0.6) is 0 Å². The van der Waals surface area contributed by atoms with Gasteiger partial charge in [0.15, 0.2) is 18.8 Å². The van der Waals surface area contributed by atoms with E-state index in [1.54, 1.807) is 36.4 Å². The molecular weight excluding hydrogens is 477 g/mol. The smallest absolute Gasteiger partial charge is 0.224 e. The number of hydrogen-bond acceptors (Lipinski definition) is 2. The van der Waals surface area contributed by atoms with Crippen LogP contribution >= 0.6 is 0 Å². The lowest BCUT2D eigenvalue weighted by Crippen LogP contribution is -2.42. The number of rotatable bonds is 5. The first kappa shape index (κ1) is 25.2. The summed E-state index contributed by atoms with van der Waals surface area (Å²) in [5.41, 5.74) is 3.63. The first-order valence-electron chi connectivity index (χ1n) is 12.7. The van der Waals surface area contributed by atoms with Crippen molar-refractivity contribution in [3.63, 3.8) is 0 Å². The van der Waals surface area contributed by atoms with Gasteiger partial charge in [0.25, 0.3) is 0 Å². The lowest BCUT2D eigenvalue weighted by atomic mass is 9.73. The van der Waals surface area contributed by atoms with Crippen LogP contribution in [-0.4, -0.2) is 42.5 Å². The summed E-state index contributed by atoms with van der Waals surface area (Å²) in [6.07, 6.45) is 2.16. The number of carbonyl (C=O) groups is 1. The van der Waals surface area contributed by atoms with Crippen LogP contribution in [0.2, 0.25) is 0 Å². The van der Waals surface area contributed by atoms with E-state index in [1.807, 2.05) is 0 Å². The summed E-state index contributed by atoms with van der Waals surface area (Å²) < 4.78 is 48.9. The first-order chi connectivity index (χ1) is 18.0. The van der Waals surface area contributed by atoms with E-state index in [0.29, 0.717) is 37.2 Å². The van der Waals surface area contributed by atoms with Crippen LogP contribution in [0.25, 0.3) is 0 Å². The molecule has 0 radical (unpaired) electrons. The van der Waals surface area contributed by atoms with E-state index in [2.05, 4.69) is 9.89 Å². The van der Waals surface area contributed by atoms with Gasteiger partial charge in [-0.15, -0.1) is 0 Å². The number of carbonyl (C=O) groups excluding carboxylic acids is 1. The molecule has 2 fully saturated rings. The Kier molecular flexibility index (Phi) is 7.70. The first-order valence-corrected chi connectivity index (χ1v) is 12.7. The van der Waals surface area contributed by atoms with Gasteiger partial charge in [0, 0.05) is 24.7 Å². The van der Waals surface area contributed by atoms with Crippen molar-refractivity contribution < 1.29 is 27.3 Å². The van der Waals surface area contributed by atoms with E-state index in [1.165, 1.54) is 42.1 Å². The number of ether oxygens (including phenoxy) is 1. The SMILES string of the molecule is O=C(NC(c1ccc(F)cc1)c1ccc(F)cc1)C1CCC(=[N+]2CCOCC2)CC1c1ccc(F)cc1. The highest BCUT2D eigenvalue weighted by atomic mass is 19.1. The molecule has 1 heterocycles. The standard InChI is InChI=1S/C30H29F3N2O2/c31-23-7-1-20(2-8-23)28-19-26(35-15-17-37-18-16-35)13-14-27(28)30(36)34-29(21-3-9-24(32)10-4-21)22-5-11-25(33)12-6-22/h1-12,27-29H,13-19H2/p+1. The molecule has 4 nitrogen and oxygen atoms in total. The van der Waals surface area contributed by atoms with Gasteiger partial charge in [0.05, 0.1) is 6.04 Å². The fraction of sp³-hybridized carbons (Fsp3) is 0.333. The number of hydrogen-bond donors (Lipinski definition) is 1. The topological polar surface area (TPSA) is 41.3 Å². The maximum absolute atomic E-state index is 13.8. The Hall–Kier alpha value is -3.45. The third kappa shape index (κ3) is 5.93. The minimum atomic E-state index is -0.563. The Morgan fingerprint density at radius 2 is 1.32 bits per heavy atom. The number of nitrogens with zero attached hydrogens (tertiary/aromatic N) is 1. The maximum Gasteiger partial charge on any atom is 0.224 e. The molecule has 5 rings (SSSR count). The largest absolute Gasteiger partial charge is 0.368 e. The van der Waals surface area contributed by atoms with Gasteiger partial charge in [-0.3, -0.25) is 4.79 Å². The minimum Gasteiger partial charge on any atom is -0.368 e. The Balaban J connectivity index is 1.45. The predicted molar refractivity (Wildman–Crippen MR) is 135 cm³/mol. The highest BCUT2D eigenvalue weighted by molar-refractivity contribution is 5.87. The van der Waals surface area contributed by atoms with E-state index in [-0.39, 0.29) is 35.2 Å². The minimum absolute atomic E-state index is 0.116. The van der Waals surface area contributed by atoms with Gasteiger partial charge in [-0.05, 0) is 59.5 Å². The molecule has 1 aliphatic heterocycles. The highest BCUT2D eigenvalue weighted by Crippen LogP contribution is 2.38. The summed E-state index contributed by atoms with van der Waals surface area (Å²) in [6, 6.07) is 17.8. The summed E-state index contributed by atoms with van der Waals surface area (Å²) in [7, 11) is 0. The van der Waals surface area contributed by atoms with Gasteiger partial charge in [-0.2, -0.15) is 0 Å². The molecule has 37 heavy (non-hydrogen) atoms. The van der Waals surface area contributed by atoms with Crippen LogP contribution in [0, 0.1) is 23.4 Å². The Labute approximate surface area is 214 Å². The number of nitrogens with one attached hydrogen (secondary N) is 1. The zero-order valence-corrected chi connectivity index (χ0v) is 20.5. The molecule has 1 amide bonds. The lowest BCUT2D eigenvalue weighted by Gasteiger charge is -2.33. The Morgan fingerprint density at radius 3 is 1.86 bits per heavy atom. The van der Waals surface area contributed by atoms with Crippen LogP contribution in [0.3, 0.4) is 0 Å². The molecule has 0 bridgehead atoms. The van der Waals surface area contributed by atoms with Gasteiger partial charge in [0.1, 0.15) is 30.7 Å². The number of amides is 1. The second-order valence-corrected chi connectivity index (χ2v) is 9.72. The van der Waals surface area contributed by atoms with Crippen molar-refractivity contribution in [1.82, 2.24) is 5.32 Å². The molecule has 0 spiro atoms. The fourth-order valence-electron chi connectivity index (χ4n) is 5.48. The zero-order chi connectivity index (χ0) is 25.8. The summed E-state index contributed by atoms with van der Waals surface area (Å²) in [4.78, 5) is 13.8. The van der Waals surface area contributed by atoms with Crippen molar-refractivity contribution in [2.45, 2.75) is 31.2 Å². The van der Waals surface area contributed by atoms with Gasteiger partial charge in [-0.1, -0.05) is 36.4 Å². The second kappa shape index (κ2) is 11.3. The highest BCUT2D eigenvalue weighted by Gasteiger charge is 2.38. The maximum atomic E-state index is 13.8. The van der Waals surface area contributed by atoms with Crippen molar-refractivity contribution in [1.29, 1.82) is 0 Å². The number of halogens is 3. The van der Waals surface area contributed by atoms with E-state index in [9.17, 15) is 18.0 Å². The predicted octanol–water partition coefficient (Wildman–Crippen LogP) is 5.38. The van der Waals surface area contributed by atoms with Crippen molar-refractivity contribution in [3.8, 4) is 0 Å². The second-order valence-electron chi connectivity index (χ2n) is 9.72. The summed E-state index contributed by atoms with van der Waals surface area (Å²) >= 11 is 0. The van der Waals surface area contributed by atoms with Crippen LogP contribution in [0.15, 0.2) is 72.8 Å². The van der Waals surface area contributed by atoms with Crippen LogP contribution in [0.1, 0.15) is 47.9 Å². The normalized spacial score (nSPS) is 20.2. The third-order valence-corrected chi connectivity index (χ3v) is 7.47. The molecule has 3 aromatic rings. The molecule has 0 aromatic heterocycles. The van der Waals surface area contributed by atoms with Gasteiger partial charge in [0.2, 0.25) is 5.91 Å². The van der Waals surface area contributed by atoms with Gasteiger partial charge < -0.3 is 10.1 Å². The molecule has 192 valence electrons. The average molecular weight is 508 g/mol. The molecule has 2 aliphatic rings. The molecular formula is C30H30F3N2O2+.